The van der Waals surface area contributed by atoms with Gasteiger partial charge < -0.3 is 48.5 Å². The highest BCUT2D eigenvalue weighted by atomic mass is 16.7. The second kappa shape index (κ2) is 15.9. The Morgan fingerprint density at radius 1 is 1.04 bits per heavy atom. The van der Waals surface area contributed by atoms with E-state index < -0.39 is 66.4 Å². The molecule has 3 N–H and O–H groups in total. The minimum Gasteiger partial charge on any atom is -0.466 e. The number of methoxy groups -OCH3 is 1. The van der Waals surface area contributed by atoms with Crippen molar-refractivity contribution in [3.63, 3.8) is 0 Å². The van der Waals surface area contributed by atoms with Gasteiger partial charge in [0.15, 0.2) is 12.4 Å². The van der Waals surface area contributed by atoms with Crippen molar-refractivity contribution < 1.29 is 62.9 Å². The second-order valence-electron chi connectivity index (χ2n) is 12.5. The molecule has 45 heavy (non-hydrogen) atoms. The summed E-state index contributed by atoms with van der Waals surface area (Å²) in [6.45, 7) is 4.74. The van der Waals surface area contributed by atoms with Crippen LogP contribution in [0, 0.1) is 5.92 Å². The van der Waals surface area contributed by atoms with E-state index in [4.69, 9.17) is 33.2 Å². The van der Waals surface area contributed by atoms with Crippen LogP contribution >= 0.6 is 0 Å². The summed E-state index contributed by atoms with van der Waals surface area (Å²) < 4.78 is 40.4. The first kappa shape index (κ1) is 35.5. The quantitative estimate of drug-likeness (QED) is 0.177. The number of hydrogen-bond donors (Lipinski definition) is 3. The monoisotopic (exact) mass is 640 g/mol. The van der Waals surface area contributed by atoms with Gasteiger partial charge in [0.05, 0.1) is 56.8 Å². The maximum absolute atomic E-state index is 12.9. The van der Waals surface area contributed by atoms with Gasteiger partial charge in [0.1, 0.15) is 6.10 Å². The molecule has 4 aliphatic rings. The first-order valence-electron chi connectivity index (χ1n) is 15.9. The number of esters is 3. The summed E-state index contributed by atoms with van der Waals surface area (Å²) in [5.74, 6) is -5.17. The molecule has 6 bridgehead atoms. The average Bonchev–Trinajstić information content (AvgIpc) is 2.97. The zero-order chi connectivity index (χ0) is 32.7. The lowest BCUT2D eigenvalue weighted by molar-refractivity contribution is -0.306. The van der Waals surface area contributed by atoms with E-state index >= 15 is 0 Å². The molecule has 3 unspecified atom stereocenters. The Labute approximate surface area is 263 Å². The average molecular weight is 641 g/mol. The van der Waals surface area contributed by atoms with Gasteiger partial charge in [-0.25, -0.2) is 4.79 Å². The zero-order valence-electron chi connectivity index (χ0n) is 26.5. The molecule has 13 heteroatoms. The van der Waals surface area contributed by atoms with Gasteiger partial charge >= 0.3 is 17.9 Å². The molecule has 3 fully saturated rings. The lowest BCUT2D eigenvalue weighted by atomic mass is 9.83. The van der Waals surface area contributed by atoms with Crippen LogP contribution in [0.25, 0.3) is 0 Å². The predicted molar refractivity (Wildman–Crippen MR) is 156 cm³/mol. The number of aliphatic hydroxyl groups excluding tert-OH is 2. The molecule has 4 heterocycles. The number of fused-ring (bicyclic) bond motifs is 6. The number of cyclic esters (lactones) is 1. The van der Waals surface area contributed by atoms with Crippen LogP contribution in [0.3, 0.4) is 0 Å². The molecule has 13 nitrogen and oxygen atoms in total. The highest BCUT2D eigenvalue weighted by Crippen LogP contribution is 2.41. The van der Waals surface area contributed by atoms with Crippen molar-refractivity contribution in [2.45, 2.75) is 139 Å². The molecule has 3 saturated heterocycles. The predicted octanol–water partition coefficient (Wildman–Crippen LogP) is 1.98. The summed E-state index contributed by atoms with van der Waals surface area (Å²) in [6, 6.07) is 0. The van der Waals surface area contributed by atoms with E-state index in [0.717, 1.165) is 25.3 Å². The molecule has 4 rings (SSSR count). The van der Waals surface area contributed by atoms with Crippen molar-refractivity contribution >= 4 is 17.9 Å². The fraction of sp³-hybridized carbons (Fsp3) is 0.781. The van der Waals surface area contributed by atoms with Crippen LogP contribution in [0.15, 0.2) is 23.8 Å². The zero-order valence-corrected chi connectivity index (χ0v) is 26.5. The highest BCUT2D eigenvalue weighted by molar-refractivity contribution is 5.83. The first-order chi connectivity index (χ1) is 21.4. The van der Waals surface area contributed by atoms with Gasteiger partial charge in [0.2, 0.25) is 5.79 Å². The molecule has 0 spiro atoms. The summed E-state index contributed by atoms with van der Waals surface area (Å²) in [5.41, 5.74) is 0.223. The Kier molecular flexibility index (Phi) is 12.6. The van der Waals surface area contributed by atoms with E-state index in [1.54, 1.807) is 19.1 Å². The van der Waals surface area contributed by atoms with Gasteiger partial charge in [-0.05, 0) is 57.1 Å². The van der Waals surface area contributed by atoms with Crippen molar-refractivity contribution in [2.24, 2.45) is 5.92 Å². The molecular formula is C32H48O13. The number of ether oxygens (including phenoxy) is 7. The molecule has 0 aromatic rings. The third-order valence-corrected chi connectivity index (χ3v) is 8.79. The minimum absolute atomic E-state index is 0.00804. The maximum atomic E-state index is 12.9. The molecule has 4 aliphatic heterocycles. The summed E-state index contributed by atoms with van der Waals surface area (Å²) in [5, 5.41) is 33.3. The van der Waals surface area contributed by atoms with Crippen molar-refractivity contribution in [2.75, 3.05) is 13.7 Å². The Morgan fingerprint density at radius 2 is 1.76 bits per heavy atom. The van der Waals surface area contributed by atoms with Crippen molar-refractivity contribution in [3.05, 3.63) is 23.8 Å². The lowest BCUT2D eigenvalue weighted by Crippen LogP contribution is -2.58. The molecule has 0 amide bonds. The summed E-state index contributed by atoms with van der Waals surface area (Å²) in [6.07, 6.45) is 1.57. The SMILES string of the molecule is COC(=O)/C=C1\CC2CC([C@@H](C)O)OC(=O)CC(O)C[C@@H]3CCC[C@H](C[C@@H]4CCO[C@H](/C=C/[C@H](C)[C@](O)(O2)[C@H]1OC(C)=O)O4)O3. The van der Waals surface area contributed by atoms with Gasteiger partial charge in [0, 0.05) is 31.8 Å². The number of aliphatic hydroxyl groups is 3. The van der Waals surface area contributed by atoms with E-state index in [0.29, 0.717) is 19.4 Å². The Hall–Kier alpha value is -2.39. The lowest BCUT2D eigenvalue weighted by Gasteiger charge is -2.46. The number of carbonyl (C=O) groups excluding carboxylic acids is 3. The van der Waals surface area contributed by atoms with E-state index in [1.807, 2.05) is 0 Å². The Morgan fingerprint density at radius 3 is 2.44 bits per heavy atom. The fourth-order valence-electron chi connectivity index (χ4n) is 6.46. The van der Waals surface area contributed by atoms with E-state index in [2.05, 4.69) is 0 Å². The molecule has 0 aromatic carbocycles. The molecule has 0 aromatic heterocycles. The van der Waals surface area contributed by atoms with Crippen LogP contribution in [0.2, 0.25) is 0 Å². The topological polar surface area (TPSA) is 177 Å². The Bertz CT molecular complexity index is 1090. The molecular weight excluding hydrogens is 592 g/mol. The number of carbonyl (C=O) groups is 3. The van der Waals surface area contributed by atoms with Crippen LogP contribution in [-0.2, 0) is 47.5 Å². The van der Waals surface area contributed by atoms with Crippen LogP contribution in [0.4, 0.5) is 0 Å². The van der Waals surface area contributed by atoms with Crippen LogP contribution in [-0.4, -0.2) is 108 Å². The maximum Gasteiger partial charge on any atom is 0.330 e. The van der Waals surface area contributed by atoms with E-state index in [-0.39, 0.29) is 49.6 Å². The molecule has 254 valence electrons. The fourth-order valence-corrected chi connectivity index (χ4v) is 6.46. The van der Waals surface area contributed by atoms with Gasteiger partial charge in [0.25, 0.3) is 0 Å². The van der Waals surface area contributed by atoms with Gasteiger partial charge in [-0.3, -0.25) is 9.59 Å². The standard InChI is InChI=1S/C32H48O13/c1-18-8-9-30-40-11-10-25(43-30)16-24-7-5-6-23(42-24)14-22(35)15-29(37)44-27(19(2)33)17-26-12-21(13-28(36)39-4)31(41-20(3)34)32(18,38)45-26/h8-9,13,18-19,22-27,30-31,33,35,38H,5-7,10-12,14-17H2,1-4H3/b9-8+,21-13+/t18-,19+,22?,23-,24+,25-,26?,27?,30-,31-,32-/m0/s1. The molecule has 11 atom stereocenters. The van der Waals surface area contributed by atoms with E-state index in [1.165, 1.54) is 21.0 Å². The first-order valence-corrected chi connectivity index (χ1v) is 15.9. The van der Waals surface area contributed by atoms with Crippen LogP contribution in [0.1, 0.15) is 78.6 Å². The van der Waals surface area contributed by atoms with Gasteiger partial charge in [-0.15, -0.1) is 0 Å². The summed E-state index contributed by atoms with van der Waals surface area (Å²) in [7, 11) is 1.20. The van der Waals surface area contributed by atoms with Crippen LogP contribution < -0.4 is 0 Å². The normalized spacial score (nSPS) is 40.8. The third kappa shape index (κ3) is 9.80. The molecule has 0 saturated carbocycles. The summed E-state index contributed by atoms with van der Waals surface area (Å²) in [4.78, 5) is 37.4. The van der Waals surface area contributed by atoms with E-state index in [9.17, 15) is 29.7 Å². The number of hydrogen-bond acceptors (Lipinski definition) is 13. The summed E-state index contributed by atoms with van der Waals surface area (Å²) >= 11 is 0. The largest absolute Gasteiger partial charge is 0.466 e. The molecule has 0 aliphatic carbocycles. The van der Waals surface area contributed by atoms with Crippen molar-refractivity contribution in [1.29, 1.82) is 0 Å². The smallest absolute Gasteiger partial charge is 0.330 e. The number of rotatable bonds is 3. The van der Waals surface area contributed by atoms with Gasteiger partial charge in [-0.2, -0.15) is 0 Å². The van der Waals surface area contributed by atoms with Crippen molar-refractivity contribution in [3.8, 4) is 0 Å². The third-order valence-electron chi connectivity index (χ3n) is 8.79. The highest BCUT2D eigenvalue weighted by Gasteiger charge is 2.52. The molecule has 0 radical (unpaired) electrons. The van der Waals surface area contributed by atoms with Crippen molar-refractivity contribution in [1.82, 2.24) is 0 Å². The minimum atomic E-state index is -2.19. The second-order valence-corrected chi connectivity index (χ2v) is 12.5. The Balaban J connectivity index is 1.68. The van der Waals surface area contributed by atoms with Gasteiger partial charge in [-0.1, -0.05) is 13.0 Å². The van der Waals surface area contributed by atoms with Crippen LogP contribution in [0.5, 0.6) is 0 Å².